The van der Waals surface area contributed by atoms with E-state index in [2.05, 4.69) is 15.3 Å². The fourth-order valence-corrected chi connectivity index (χ4v) is 2.48. The second-order valence-corrected chi connectivity index (χ2v) is 4.99. The third kappa shape index (κ3) is 2.87. The van der Waals surface area contributed by atoms with Crippen molar-refractivity contribution in [2.24, 2.45) is 5.92 Å². The Kier molecular flexibility index (Phi) is 3.83. The summed E-state index contributed by atoms with van der Waals surface area (Å²) >= 11 is 0. The Morgan fingerprint density at radius 2 is 2.24 bits per heavy atom. The maximum absolute atomic E-state index is 12.1. The molecular weight excluding hydrogens is 272 g/mol. The number of hydrogen-bond donors (Lipinski definition) is 2. The molecule has 1 aliphatic heterocycles. The SMILES string of the molecule is O=C(N[C@@H]1CN(c2ncccn2)C[C@H]1CO)c1ccoc1. The molecule has 0 aliphatic carbocycles. The standard InChI is InChI=1S/C14H16N4O3/c19-8-11-6-18(14-15-3-1-4-16-14)7-12(11)17-13(20)10-2-5-21-9-10/h1-5,9,11-12,19H,6-8H2,(H,17,20)/t11-,12+/m0/s1. The number of furan rings is 1. The highest BCUT2D eigenvalue weighted by molar-refractivity contribution is 5.94. The first kappa shape index (κ1) is 13.6. The maximum atomic E-state index is 12.1. The molecule has 0 unspecified atom stereocenters. The molecule has 3 heterocycles. The Morgan fingerprint density at radius 3 is 2.90 bits per heavy atom. The van der Waals surface area contributed by atoms with Crippen LogP contribution >= 0.6 is 0 Å². The van der Waals surface area contributed by atoms with Crippen molar-refractivity contribution in [2.75, 3.05) is 24.6 Å². The maximum Gasteiger partial charge on any atom is 0.254 e. The van der Waals surface area contributed by atoms with Gasteiger partial charge in [-0.25, -0.2) is 9.97 Å². The van der Waals surface area contributed by atoms with Crippen LogP contribution in [0.4, 0.5) is 5.95 Å². The molecule has 0 spiro atoms. The summed E-state index contributed by atoms with van der Waals surface area (Å²) in [4.78, 5) is 22.4. The van der Waals surface area contributed by atoms with Crippen LogP contribution in [-0.2, 0) is 0 Å². The molecule has 0 saturated carbocycles. The molecule has 1 saturated heterocycles. The monoisotopic (exact) mass is 288 g/mol. The third-order valence-corrected chi connectivity index (χ3v) is 3.61. The van der Waals surface area contributed by atoms with Crippen molar-refractivity contribution >= 4 is 11.9 Å². The summed E-state index contributed by atoms with van der Waals surface area (Å²) in [5.41, 5.74) is 0.473. The van der Waals surface area contributed by atoms with E-state index in [9.17, 15) is 9.90 Å². The molecule has 1 fully saturated rings. The smallest absolute Gasteiger partial charge is 0.254 e. The quantitative estimate of drug-likeness (QED) is 0.840. The minimum atomic E-state index is -0.206. The summed E-state index contributed by atoms with van der Waals surface area (Å²) in [7, 11) is 0. The summed E-state index contributed by atoms with van der Waals surface area (Å²) in [6, 6.07) is 3.21. The van der Waals surface area contributed by atoms with Crippen LogP contribution in [0.25, 0.3) is 0 Å². The van der Waals surface area contributed by atoms with E-state index in [0.29, 0.717) is 24.6 Å². The molecule has 2 aromatic rings. The summed E-state index contributed by atoms with van der Waals surface area (Å²) in [5, 5.41) is 12.4. The largest absolute Gasteiger partial charge is 0.472 e. The molecule has 2 aromatic heterocycles. The Labute approximate surface area is 121 Å². The van der Waals surface area contributed by atoms with Gasteiger partial charge in [0.25, 0.3) is 5.91 Å². The number of aliphatic hydroxyl groups excluding tert-OH is 1. The van der Waals surface area contributed by atoms with Crippen molar-refractivity contribution in [1.82, 2.24) is 15.3 Å². The lowest BCUT2D eigenvalue weighted by Crippen LogP contribution is -2.41. The second kappa shape index (κ2) is 5.92. The minimum absolute atomic E-state index is 0.000330. The Balaban J connectivity index is 1.69. The number of hydrogen-bond acceptors (Lipinski definition) is 6. The van der Waals surface area contributed by atoms with Gasteiger partial charge in [0, 0.05) is 38.0 Å². The minimum Gasteiger partial charge on any atom is -0.472 e. The van der Waals surface area contributed by atoms with Gasteiger partial charge in [-0.2, -0.15) is 0 Å². The molecule has 7 heteroatoms. The highest BCUT2D eigenvalue weighted by Gasteiger charge is 2.34. The number of anilines is 1. The topological polar surface area (TPSA) is 91.5 Å². The van der Waals surface area contributed by atoms with E-state index in [0.717, 1.165) is 0 Å². The number of aliphatic hydroxyl groups is 1. The molecule has 2 N–H and O–H groups in total. The molecular formula is C14H16N4O3. The van der Waals surface area contributed by atoms with Crippen LogP contribution in [0.3, 0.4) is 0 Å². The van der Waals surface area contributed by atoms with Gasteiger partial charge in [0.2, 0.25) is 5.95 Å². The van der Waals surface area contributed by atoms with Crippen LogP contribution in [0.5, 0.6) is 0 Å². The summed E-state index contributed by atoms with van der Waals surface area (Å²) in [5.74, 6) is 0.351. The van der Waals surface area contributed by atoms with Crippen LogP contribution in [-0.4, -0.2) is 46.7 Å². The predicted octanol–water partition coefficient (Wildman–Crippen LogP) is 0.297. The molecule has 21 heavy (non-hydrogen) atoms. The average Bonchev–Trinajstić information content (AvgIpc) is 3.17. The van der Waals surface area contributed by atoms with E-state index < -0.39 is 0 Å². The van der Waals surface area contributed by atoms with E-state index in [-0.39, 0.29) is 24.5 Å². The number of carbonyl (C=O) groups is 1. The van der Waals surface area contributed by atoms with Crippen molar-refractivity contribution < 1.29 is 14.3 Å². The second-order valence-electron chi connectivity index (χ2n) is 4.99. The fourth-order valence-electron chi connectivity index (χ4n) is 2.48. The van der Waals surface area contributed by atoms with Gasteiger partial charge >= 0.3 is 0 Å². The Hall–Kier alpha value is -2.41. The normalized spacial score (nSPS) is 21.5. The third-order valence-electron chi connectivity index (χ3n) is 3.61. The molecule has 0 aromatic carbocycles. The Morgan fingerprint density at radius 1 is 1.43 bits per heavy atom. The molecule has 2 atom stereocenters. The van der Waals surface area contributed by atoms with Crippen molar-refractivity contribution in [1.29, 1.82) is 0 Å². The molecule has 0 bridgehead atoms. The molecule has 0 radical (unpaired) electrons. The number of nitrogens with zero attached hydrogens (tertiary/aromatic N) is 3. The van der Waals surface area contributed by atoms with Gasteiger partial charge in [0.05, 0.1) is 17.9 Å². The van der Waals surface area contributed by atoms with Gasteiger partial charge in [-0.15, -0.1) is 0 Å². The summed E-state index contributed by atoms with van der Waals surface area (Å²) < 4.78 is 4.90. The lowest BCUT2D eigenvalue weighted by atomic mass is 10.1. The zero-order chi connectivity index (χ0) is 14.7. The summed E-state index contributed by atoms with van der Waals surface area (Å²) in [6.45, 7) is 1.18. The highest BCUT2D eigenvalue weighted by Crippen LogP contribution is 2.21. The number of nitrogens with one attached hydrogen (secondary N) is 1. The highest BCUT2D eigenvalue weighted by atomic mass is 16.3. The van der Waals surface area contributed by atoms with E-state index in [1.165, 1.54) is 12.5 Å². The summed E-state index contributed by atoms with van der Waals surface area (Å²) in [6.07, 6.45) is 6.20. The van der Waals surface area contributed by atoms with Gasteiger partial charge in [-0.1, -0.05) is 0 Å². The van der Waals surface area contributed by atoms with Crippen LogP contribution in [0.15, 0.2) is 41.5 Å². The van der Waals surface area contributed by atoms with Crippen molar-refractivity contribution in [3.8, 4) is 0 Å². The van der Waals surface area contributed by atoms with Crippen LogP contribution < -0.4 is 10.2 Å². The first-order chi connectivity index (χ1) is 10.3. The predicted molar refractivity (Wildman–Crippen MR) is 74.8 cm³/mol. The number of amides is 1. The number of rotatable bonds is 4. The molecule has 3 rings (SSSR count). The van der Waals surface area contributed by atoms with E-state index in [1.54, 1.807) is 24.5 Å². The van der Waals surface area contributed by atoms with Gasteiger partial charge in [-0.05, 0) is 12.1 Å². The average molecular weight is 288 g/mol. The van der Waals surface area contributed by atoms with Crippen LogP contribution in [0, 0.1) is 5.92 Å². The van der Waals surface area contributed by atoms with Gasteiger partial charge < -0.3 is 19.7 Å². The fraction of sp³-hybridized carbons (Fsp3) is 0.357. The van der Waals surface area contributed by atoms with Crippen molar-refractivity contribution in [2.45, 2.75) is 6.04 Å². The number of aromatic nitrogens is 2. The van der Waals surface area contributed by atoms with E-state index in [1.807, 2.05) is 4.90 Å². The van der Waals surface area contributed by atoms with Gasteiger partial charge in [-0.3, -0.25) is 4.79 Å². The Bertz CT molecular complexity index is 588. The number of carbonyl (C=O) groups excluding carboxylic acids is 1. The molecule has 7 nitrogen and oxygen atoms in total. The van der Waals surface area contributed by atoms with Crippen LogP contribution in [0.1, 0.15) is 10.4 Å². The van der Waals surface area contributed by atoms with Gasteiger partial charge in [0.15, 0.2) is 0 Å². The first-order valence-corrected chi connectivity index (χ1v) is 6.74. The van der Waals surface area contributed by atoms with Gasteiger partial charge in [0.1, 0.15) is 6.26 Å². The van der Waals surface area contributed by atoms with E-state index in [4.69, 9.17) is 4.42 Å². The first-order valence-electron chi connectivity index (χ1n) is 6.74. The lowest BCUT2D eigenvalue weighted by Gasteiger charge is -2.17. The van der Waals surface area contributed by atoms with Crippen molar-refractivity contribution in [3.05, 3.63) is 42.6 Å². The molecule has 110 valence electrons. The lowest BCUT2D eigenvalue weighted by molar-refractivity contribution is 0.0921. The van der Waals surface area contributed by atoms with E-state index >= 15 is 0 Å². The van der Waals surface area contributed by atoms with Crippen molar-refractivity contribution in [3.63, 3.8) is 0 Å². The zero-order valence-corrected chi connectivity index (χ0v) is 11.3. The zero-order valence-electron chi connectivity index (χ0n) is 11.3. The molecule has 1 amide bonds. The van der Waals surface area contributed by atoms with Crippen LogP contribution in [0.2, 0.25) is 0 Å². The molecule has 1 aliphatic rings.